The molecular weight excluding hydrogens is 253 g/mol. The minimum absolute atomic E-state index is 0.212. The maximum absolute atomic E-state index is 14.4. The second kappa shape index (κ2) is 5.63. The Morgan fingerprint density at radius 2 is 1.80 bits per heavy atom. The third-order valence-corrected chi connectivity index (χ3v) is 3.70. The Morgan fingerprint density at radius 3 is 2.35 bits per heavy atom. The molecule has 20 heavy (non-hydrogen) atoms. The summed E-state index contributed by atoms with van der Waals surface area (Å²) in [6, 6.07) is 13.0. The molecular formula is C17H20FNO. The lowest BCUT2D eigenvalue weighted by molar-refractivity contribution is 0.379. The van der Waals surface area contributed by atoms with Gasteiger partial charge in [0, 0.05) is 5.56 Å². The molecule has 0 amide bonds. The Morgan fingerprint density at radius 1 is 1.15 bits per heavy atom. The quantitative estimate of drug-likeness (QED) is 0.923. The van der Waals surface area contributed by atoms with Crippen molar-refractivity contribution < 1.29 is 9.13 Å². The Labute approximate surface area is 119 Å². The lowest BCUT2D eigenvalue weighted by Crippen LogP contribution is -2.35. The third-order valence-electron chi connectivity index (χ3n) is 3.70. The first-order chi connectivity index (χ1) is 9.50. The van der Waals surface area contributed by atoms with E-state index in [1.807, 2.05) is 31.2 Å². The van der Waals surface area contributed by atoms with Gasteiger partial charge in [0.25, 0.3) is 0 Å². The highest BCUT2D eigenvalue weighted by atomic mass is 19.1. The number of methoxy groups -OCH3 is 1. The van der Waals surface area contributed by atoms with Crippen LogP contribution >= 0.6 is 0 Å². The zero-order valence-electron chi connectivity index (χ0n) is 12.1. The molecule has 0 aromatic heterocycles. The van der Waals surface area contributed by atoms with Gasteiger partial charge in [-0.15, -0.1) is 0 Å². The van der Waals surface area contributed by atoms with Crippen LogP contribution in [0.4, 0.5) is 4.39 Å². The van der Waals surface area contributed by atoms with E-state index in [9.17, 15) is 4.39 Å². The van der Waals surface area contributed by atoms with Crippen molar-refractivity contribution in [3.63, 3.8) is 0 Å². The molecule has 1 unspecified atom stereocenters. The normalized spacial score (nSPS) is 13.8. The first-order valence-corrected chi connectivity index (χ1v) is 6.72. The summed E-state index contributed by atoms with van der Waals surface area (Å²) in [4.78, 5) is 0. The van der Waals surface area contributed by atoms with E-state index in [1.165, 1.54) is 12.7 Å². The molecule has 106 valence electrons. The average molecular weight is 273 g/mol. The van der Waals surface area contributed by atoms with E-state index >= 15 is 0 Å². The number of benzene rings is 2. The lowest BCUT2D eigenvalue weighted by Gasteiger charge is -2.27. The molecule has 0 aliphatic heterocycles. The van der Waals surface area contributed by atoms with Gasteiger partial charge in [0.1, 0.15) is 0 Å². The van der Waals surface area contributed by atoms with Gasteiger partial charge in [-0.2, -0.15) is 0 Å². The molecule has 0 saturated carbocycles. The van der Waals surface area contributed by atoms with Crippen LogP contribution in [0, 0.1) is 5.82 Å². The summed E-state index contributed by atoms with van der Waals surface area (Å²) < 4.78 is 19.4. The molecule has 0 aliphatic carbocycles. The zero-order chi connectivity index (χ0) is 14.8. The van der Waals surface area contributed by atoms with Crippen molar-refractivity contribution in [3.8, 4) is 5.75 Å². The summed E-state index contributed by atoms with van der Waals surface area (Å²) in [6.07, 6.45) is 0.967. The molecule has 2 N–H and O–H groups in total. The van der Waals surface area contributed by atoms with Crippen LogP contribution in [0.25, 0.3) is 0 Å². The van der Waals surface area contributed by atoms with E-state index in [-0.39, 0.29) is 5.75 Å². The molecule has 2 rings (SSSR count). The fraction of sp³-hybridized carbons (Fsp3) is 0.294. The molecule has 2 aromatic carbocycles. The van der Waals surface area contributed by atoms with E-state index < -0.39 is 11.4 Å². The summed E-state index contributed by atoms with van der Waals surface area (Å²) in [5.74, 6) is -0.191. The molecule has 0 bridgehead atoms. The number of hydrogen-bond donors (Lipinski definition) is 1. The van der Waals surface area contributed by atoms with Gasteiger partial charge in [0.2, 0.25) is 0 Å². The maximum atomic E-state index is 14.4. The molecule has 0 heterocycles. The Hall–Kier alpha value is -1.87. The van der Waals surface area contributed by atoms with Gasteiger partial charge >= 0.3 is 0 Å². The molecule has 0 radical (unpaired) electrons. The van der Waals surface area contributed by atoms with Crippen LogP contribution in [0.5, 0.6) is 5.75 Å². The fourth-order valence-electron chi connectivity index (χ4n) is 2.31. The highest BCUT2D eigenvalue weighted by molar-refractivity contribution is 5.42. The van der Waals surface area contributed by atoms with Gasteiger partial charge < -0.3 is 10.5 Å². The van der Waals surface area contributed by atoms with Crippen molar-refractivity contribution >= 4 is 0 Å². The summed E-state index contributed by atoms with van der Waals surface area (Å²) >= 11 is 0. The minimum atomic E-state index is -0.898. The molecule has 3 heteroatoms. The predicted octanol–water partition coefficient (Wildman–Crippen LogP) is 3.62. The van der Waals surface area contributed by atoms with Crippen molar-refractivity contribution in [2.45, 2.75) is 25.8 Å². The van der Waals surface area contributed by atoms with Crippen LogP contribution in [0.2, 0.25) is 0 Å². The maximum Gasteiger partial charge on any atom is 0.170 e. The summed E-state index contributed by atoms with van der Waals surface area (Å²) in [6.45, 7) is 3.91. The first kappa shape index (κ1) is 14.5. The number of nitrogens with two attached hydrogens (primary N) is 1. The van der Waals surface area contributed by atoms with Crippen molar-refractivity contribution in [1.29, 1.82) is 0 Å². The van der Waals surface area contributed by atoms with Crippen LogP contribution < -0.4 is 10.5 Å². The molecule has 0 saturated heterocycles. The first-order valence-electron chi connectivity index (χ1n) is 6.72. The highest BCUT2D eigenvalue weighted by Crippen LogP contribution is 2.32. The number of aryl methyl sites for hydroxylation is 1. The second-order valence-corrected chi connectivity index (χ2v) is 5.07. The van der Waals surface area contributed by atoms with Crippen LogP contribution in [0.15, 0.2) is 42.5 Å². The molecule has 1 atom stereocenters. The van der Waals surface area contributed by atoms with Crippen LogP contribution in [-0.2, 0) is 12.0 Å². The predicted molar refractivity (Wildman–Crippen MR) is 79.4 cm³/mol. The summed E-state index contributed by atoms with van der Waals surface area (Å²) in [5, 5.41) is 0. The monoisotopic (exact) mass is 273 g/mol. The largest absolute Gasteiger partial charge is 0.494 e. The van der Waals surface area contributed by atoms with Crippen molar-refractivity contribution in [1.82, 2.24) is 0 Å². The Bertz CT molecular complexity index is 590. The van der Waals surface area contributed by atoms with Gasteiger partial charge in [-0.25, -0.2) is 4.39 Å². The van der Waals surface area contributed by atoms with Crippen molar-refractivity contribution in [2.75, 3.05) is 7.11 Å². The smallest absolute Gasteiger partial charge is 0.170 e. The van der Waals surface area contributed by atoms with Crippen LogP contribution in [-0.4, -0.2) is 7.11 Å². The molecule has 2 aromatic rings. The van der Waals surface area contributed by atoms with E-state index in [0.717, 1.165) is 12.0 Å². The third kappa shape index (κ3) is 2.54. The standard InChI is InChI=1S/C17H20FNO/c1-4-12-8-10-13(11-9-12)17(2,19)14-6-5-7-15(20-3)16(14)18/h5-11H,4,19H2,1-3H3. The number of hydrogen-bond acceptors (Lipinski definition) is 2. The van der Waals surface area contributed by atoms with Crippen molar-refractivity contribution in [2.24, 2.45) is 5.73 Å². The Kier molecular flexibility index (Phi) is 4.09. The number of rotatable bonds is 4. The average Bonchev–Trinajstić information content (AvgIpc) is 2.47. The Balaban J connectivity index is 2.48. The second-order valence-electron chi connectivity index (χ2n) is 5.07. The number of ether oxygens (including phenoxy) is 1. The van der Waals surface area contributed by atoms with Gasteiger partial charge in [0.15, 0.2) is 11.6 Å². The van der Waals surface area contributed by atoms with Gasteiger partial charge in [-0.1, -0.05) is 43.3 Å². The highest BCUT2D eigenvalue weighted by Gasteiger charge is 2.28. The zero-order valence-corrected chi connectivity index (χ0v) is 12.1. The van der Waals surface area contributed by atoms with Gasteiger partial charge in [-0.05, 0) is 30.5 Å². The fourth-order valence-corrected chi connectivity index (χ4v) is 2.31. The van der Waals surface area contributed by atoms with E-state index in [2.05, 4.69) is 6.92 Å². The molecule has 0 fully saturated rings. The van der Waals surface area contributed by atoms with Gasteiger partial charge in [-0.3, -0.25) is 0 Å². The lowest BCUT2D eigenvalue weighted by atomic mass is 9.84. The van der Waals surface area contributed by atoms with Gasteiger partial charge in [0.05, 0.1) is 12.6 Å². The number of halogens is 1. The van der Waals surface area contributed by atoms with E-state index in [0.29, 0.717) is 5.56 Å². The van der Waals surface area contributed by atoms with Crippen LogP contribution in [0.3, 0.4) is 0 Å². The topological polar surface area (TPSA) is 35.2 Å². The summed E-state index contributed by atoms with van der Waals surface area (Å²) in [5.41, 5.74) is 8.02. The minimum Gasteiger partial charge on any atom is -0.494 e. The van der Waals surface area contributed by atoms with E-state index in [4.69, 9.17) is 10.5 Å². The summed E-state index contributed by atoms with van der Waals surface area (Å²) in [7, 11) is 1.45. The van der Waals surface area contributed by atoms with Crippen molar-refractivity contribution in [3.05, 3.63) is 65.0 Å². The van der Waals surface area contributed by atoms with E-state index in [1.54, 1.807) is 18.2 Å². The molecule has 0 spiro atoms. The molecule has 2 nitrogen and oxygen atoms in total. The molecule has 0 aliphatic rings. The SMILES string of the molecule is CCc1ccc(C(C)(N)c2cccc(OC)c2F)cc1. The van der Waals surface area contributed by atoms with Crippen LogP contribution in [0.1, 0.15) is 30.5 Å².